The SMILES string of the molecule is c1c(NC2CCNCC2)nc(NCc2cn(CCCN3CCCCC3)nn2)nc1N1CCOCC1. The minimum atomic E-state index is 0.432. The first-order valence-corrected chi connectivity index (χ1v) is 13.4. The van der Waals surface area contributed by atoms with E-state index in [0.717, 1.165) is 89.1 Å². The molecule has 3 aliphatic heterocycles. The summed E-state index contributed by atoms with van der Waals surface area (Å²) in [6, 6.07) is 2.50. The first kappa shape index (κ1) is 24.2. The molecule has 2 aromatic rings. The van der Waals surface area contributed by atoms with Crippen molar-refractivity contribution in [1.29, 1.82) is 0 Å². The number of morpholine rings is 1. The van der Waals surface area contributed by atoms with Crippen molar-refractivity contribution in [3.63, 3.8) is 0 Å². The first-order valence-electron chi connectivity index (χ1n) is 13.4. The molecule has 3 aliphatic rings. The molecule has 0 aliphatic carbocycles. The molecule has 2 aromatic heterocycles. The van der Waals surface area contributed by atoms with E-state index in [2.05, 4.69) is 42.1 Å². The maximum absolute atomic E-state index is 5.53. The van der Waals surface area contributed by atoms with Gasteiger partial charge in [0.25, 0.3) is 0 Å². The number of nitrogens with one attached hydrogen (secondary N) is 3. The van der Waals surface area contributed by atoms with E-state index in [1.165, 1.54) is 32.4 Å². The predicted molar refractivity (Wildman–Crippen MR) is 137 cm³/mol. The van der Waals surface area contributed by atoms with Gasteiger partial charge in [-0.25, -0.2) is 0 Å². The lowest BCUT2D eigenvalue weighted by atomic mass is 10.1. The van der Waals surface area contributed by atoms with Gasteiger partial charge >= 0.3 is 0 Å². The normalized spacial score (nSPS) is 20.2. The van der Waals surface area contributed by atoms with Crippen LogP contribution in [0.3, 0.4) is 0 Å². The number of likely N-dealkylation sites (tertiary alicyclic amines) is 1. The molecule has 0 amide bonds. The Balaban J connectivity index is 1.18. The third-order valence-electron chi connectivity index (χ3n) is 7.06. The third-order valence-corrected chi connectivity index (χ3v) is 7.06. The second-order valence-corrected chi connectivity index (χ2v) is 9.79. The molecule has 0 aromatic carbocycles. The topological polar surface area (TPSA) is 108 Å². The lowest BCUT2D eigenvalue weighted by Crippen LogP contribution is -2.37. The summed E-state index contributed by atoms with van der Waals surface area (Å²) >= 11 is 0. The average molecular weight is 485 g/mol. The van der Waals surface area contributed by atoms with E-state index in [1.54, 1.807) is 0 Å². The number of aromatic nitrogens is 5. The van der Waals surface area contributed by atoms with Gasteiger partial charge in [-0.05, 0) is 64.8 Å². The van der Waals surface area contributed by atoms with Crippen molar-refractivity contribution in [3.05, 3.63) is 18.0 Å². The van der Waals surface area contributed by atoms with Gasteiger partial charge in [-0.3, -0.25) is 4.68 Å². The van der Waals surface area contributed by atoms with Gasteiger partial charge < -0.3 is 30.5 Å². The maximum atomic E-state index is 5.53. The highest BCUT2D eigenvalue weighted by atomic mass is 16.5. The third kappa shape index (κ3) is 7.25. The molecule has 0 bridgehead atoms. The van der Waals surface area contributed by atoms with Crippen molar-refractivity contribution < 1.29 is 4.74 Å². The van der Waals surface area contributed by atoms with Crippen LogP contribution in [0.15, 0.2) is 12.3 Å². The van der Waals surface area contributed by atoms with Crippen LogP contribution < -0.4 is 20.9 Å². The Morgan fingerprint density at radius 3 is 2.66 bits per heavy atom. The number of ether oxygens (including phenoxy) is 1. The maximum Gasteiger partial charge on any atom is 0.226 e. The van der Waals surface area contributed by atoms with E-state index >= 15 is 0 Å². The molecule has 11 nitrogen and oxygen atoms in total. The largest absolute Gasteiger partial charge is 0.378 e. The van der Waals surface area contributed by atoms with Gasteiger partial charge in [-0.2, -0.15) is 9.97 Å². The van der Waals surface area contributed by atoms with E-state index in [1.807, 2.05) is 10.9 Å². The van der Waals surface area contributed by atoms with Crippen LogP contribution in [0.2, 0.25) is 0 Å². The number of hydrogen-bond donors (Lipinski definition) is 3. The zero-order valence-electron chi connectivity index (χ0n) is 20.8. The van der Waals surface area contributed by atoms with Gasteiger partial charge in [0.2, 0.25) is 5.95 Å². The van der Waals surface area contributed by atoms with Gasteiger partial charge in [0.15, 0.2) is 0 Å². The fourth-order valence-corrected chi connectivity index (χ4v) is 5.06. The number of nitrogens with zero attached hydrogens (tertiary/aromatic N) is 7. The minimum absolute atomic E-state index is 0.432. The average Bonchev–Trinajstić information content (AvgIpc) is 3.37. The van der Waals surface area contributed by atoms with Crippen molar-refractivity contribution >= 4 is 17.6 Å². The molecular formula is C24H40N10O. The van der Waals surface area contributed by atoms with Gasteiger partial charge in [0.1, 0.15) is 17.3 Å². The molecular weight excluding hydrogens is 444 g/mol. The fourth-order valence-electron chi connectivity index (χ4n) is 5.06. The number of aryl methyl sites for hydroxylation is 1. The Bertz CT molecular complexity index is 903. The molecule has 35 heavy (non-hydrogen) atoms. The minimum Gasteiger partial charge on any atom is -0.378 e. The van der Waals surface area contributed by atoms with Crippen molar-refractivity contribution in [1.82, 2.24) is 35.2 Å². The van der Waals surface area contributed by atoms with Crippen LogP contribution in [0.4, 0.5) is 17.6 Å². The summed E-state index contributed by atoms with van der Waals surface area (Å²) in [5.74, 6) is 2.42. The highest BCUT2D eigenvalue weighted by Gasteiger charge is 2.18. The second kappa shape index (κ2) is 12.5. The van der Waals surface area contributed by atoms with Crippen molar-refractivity contribution in [2.75, 3.05) is 74.6 Å². The van der Waals surface area contributed by atoms with Gasteiger partial charge in [-0.15, -0.1) is 5.10 Å². The van der Waals surface area contributed by atoms with Crippen LogP contribution in [0.5, 0.6) is 0 Å². The number of anilines is 3. The molecule has 192 valence electrons. The van der Waals surface area contributed by atoms with Crippen LogP contribution in [-0.4, -0.2) is 94.9 Å². The van der Waals surface area contributed by atoms with E-state index in [-0.39, 0.29) is 0 Å². The second-order valence-electron chi connectivity index (χ2n) is 9.79. The number of rotatable bonds is 10. The molecule has 0 unspecified atom stereocenters. The molecule has 5 heterocycles. The molecule has 3 N–H and O–H groups in total. The molecule has 3 fully saturated rings. The lowest BCUT2D eigenvalue weighted by Gasteiger charge is -2.29. The van der Waals surface area contributed by atoms with Crippen LogP contribution >= 0.6 is 0 Å². The van der Waals surface area contributed by atoms with E-state index in [4.69, 9.17) is 14.7 Å². The van der Waals surface area contributed by atoms with Crippen molar-refractivity contribution in [3.8, 4) is 0 Å². The Hall–Kier alpha value is -2.50. The molecule has 0 saturated carbocycles. The lowest BCUT2D eigenvalue weighted by molar-refractivity contribution is 0.122. The van der Waals surface area contributed by atoms with Crippen molar-refractivity contribution in [2.24, 2.45) is 0 Å². The number of piperidine rings is 2. The van der Waals surface area contributed by atoms with Gasteiger partial charge in [0.05, 0.1) is 26.0 Å². The smallest absolute Gasteiger partial charge is 0.226 e. The van der Waals surface area contributed by atoms with Crippen LogP contribution in [-0.2, 0) is 17.8 Å². The highest BCUT2D eigenvalue weighted by molar-refractivity contribution is 5.54. The fraction of sp³-hybridized carbons (Fsp3) is 0.750. The molecule has 0 spiro atoms. The number of hydrogen-bond acceptors (Lipinski definition) is 10. The zero-order chi connectivity index (χ0) is 23.7. The van der Waals surface area contributed by atoms with Crippen molar-refractivity contribution in [2.45, 2.75) is 57.7 Å². The van der Waals surface area contributed by atoms with Gasteiger partial charge in [0, 0.05) is 31.7 Å². The van der Waals surface area contributed by atoms with Crippen LogP contribution in [0.1, 0.15) is 44.2 Å². The van der Waals surface area contributed by atoms with Gasteiger partial charge in [-0.1, -0.05) is 11.6 Å². The van der Waals surface area contributed by atoms with E-state index in [9.17, 15) is 0 Å². The Morgan fingerprint density at radius 2 is 1.83 bits per heavy atom. The molecule has 11 heteroatoms. The quantitative estimate of drug-likeness (QED) is 0.460. The Morgan fingerprint density at radius 1 is 1.00 bits per heavy atom. The summed E-state index contributed by atoms with van der Waals surface area (Å²) in [5.41, 5.74) is 0.899. The van der Waals surface area contributed by atoms with E-state index < -0.39 is 0 Å². The first-order chi connectivity index (χ1) is 17.3. The van der Waals surface area contributed by atoms with E-state index in [0.29, 0.717) is 18.5 Å². The summed E-state index contributed by atoms with van der Waals surface area (Å²) < 4.78 is 7.48. The molecule has 0 radical (unpaired) electrons. The Kier molecular flexibility index (Phi) is 8.62. The highest BCUT2D eigenvalue weighted by Crippen LogP contribution is 2.21. The zero-order valence-corrected chi connectivity index (χ0v) is 20.8. The van der Waals surface area contributed by atoms with Crippen LogP contribution in [0.25, 0.3) is 0 Å². The standard InChI is InChI=1S/C24H40N10O/c1-2-9-32(10-3-1)11-4-12-34-19-21(30-31-34)18-26-24-28-22(27-20-5-7-25-8-6-20)17-23(29-24)33-13-15-35-16-14-33/h17,19-20,25H,1-16,18H2,(H2,26,27,28,29). The summed E-state index contributed by atoms with van der Waals surface area (Å²) in [7, 11) is 0. The molecule has 5 rings (SSSR count). The molecule has 0 atom stereocenters. The Labute approximate surface area is 208 Å². The summed E-state index contributed by atoms with van der Waals surface area (Å²) in [6.45, 7) is 10.3. The summed E-state index contributed by atoms with van der Waals surface area (Å²) in [4.78, 5) is 14.4. The molecule has 3 saturated heterocycles. The summed E-state index contributed by atoms with van der Waals surface area (Å²) in [5, 5.41) is 19.1. The van der Waals surface area contributed by atoms with Crippen LogP contribution in [0, 0.1) is 0 Å². The monoisotopic (exact) mass is 484 g/mol. The predicted octanol–water partition coefficient (Wildman–Crippen LogP) is 1.56. The summed E-state index contributed by atoms with van der Waals surface area (Å²) in [6.07, 6.45) is 9.38.